The van der Waals surface area contributed by atoms with Crippen molar-refractivity contribution in [2.75, 3.05) is 17.1 Å². The fraction of sp³-hybridized carbons (Fsp3) is 0.172. The molecule has 1 N–H and O–H groups in total. The number of hydrogen-bond acceptors (Lipinski definition) is 5. The van der Waals surface area contributed by atoms with Gasteiger partial charge < -0.3 is 9.30 Å². The molecule has 38 heavy (non-hydrogen) atoms. The molecule has 8 nitrogen and oxygen atoms in total. The van der Waals surface area contributed by atoms with Crippen molar-refractivity contribution in [3.05, 3.63) is 107 Å². The number of sulfonamides is 1. The lowest BCUT2D eigenvalue weighted by molar-refractivity contribution is -0.119. The molecule has 0 radical (unpaired) electrons. The van der Waals surface area contributed by atoms with Crippen molar-refractivity contribution in [3.63, 3.8) is 0 Å². The Balaban J connectivity index is 1.43. The zero-order valence-electron chi connectivity index (χ0n) is 21.8. The fourth-order valence-corrected chi connectivity index (χ4v) is 4.91. The maximum absolute atomic E-state index is 12.6. The number of hydrazone groups is 1. The monoisotopic (exact) mass is 530 g/mol. The van der Waals surface area contributed by atoms with Crippen LogP contribution in [0.15, 0.2) is 90.0 Å². The maximum Gasteiger partial charge on any atom is 0.260 e. The Labute approximate surface area is 223 Å². The third kappa shape index (κ3) is 6.49. The van der Waals surface area contributed by atoms with Gasteiger partial charge in [0.05, 0.1) is 18.2 Å². The lowest BCUT2D eigenvalue weighted by Crippen LogP contribution is -2.39. The molecule has 0 saturated heterocycles. The predicted molar refractivity (Wildman–Crippen MR) is 151 cm³/mol. The highest BCUT2D eigenvalue weighted by molar-refractivity contribution is 7.92. The van der Waals surface area contributed by atoms with Gasteiger partial charge in [-0.3, -0.25) is 9.10 Å². The van der Waals surface area contributed by atoms with Crippen molar-refractivity contribution in [1.29, 1.82) is 0 Å². The second-order valence-electron chi connectivity index (χ2n) is 8.97. The number of nitrogens with one attached hydrogen (secondary N) is 1. The molecule has 0 aliphatic carbocycles. The Morgan fingerprint density at radius 2 is 1.58 bits per heavy atom. The van der Waals surface area contributed by atoms with E-state index < -0.39 is 22.5 Å². The molecule has 0 saturated carbocycles. The Kier molecular flexibility index (Phi) is 7.97. The summed E-state index contributed by atoms with van der Waals surface area (Å²) in [6, 6.07) is 25.9. The summed E-state index contributed by atoms with van der Waals surface area (Å²) in [4.78, 5) is 12.6. The number of benzene rings is 3. The van der Waals surface area contributed by atoms with Crippen molar-refractivity contribution in [3.8, 4) is 17.2 Å². The average Bonchev–Trinajstić information content (AvgIpc) is 3.16. The SMILES string of the molecule is Cc1ccc(-n2c(C)cc(/C=N\NC(=O)CN(c3ccc(Oc4ccccc4)cc3)S(C)(=O)=O)c2C)cc1. The molecule has 0 bridgehead atoms. The second-order valence-corrected chi connectivity index (χ2v) is 10.9. The van der Waals surface area contributed by atoms with E-state index in [-0.39, 0.29) is 0 Å². The number of hydrogen-bond donors (Lipinski definition) is 1. The van der Waals surface area contributed by atoms with Crippen molar-refractivity contribution in [1.82, 2.24) is 9.99 Å². The first kappa shape index (κ1) is 26.7. The number of carbonyl (C=O) groups is 1. The quantitative estimate of drug-likeness (QED) is 0.240. The molecule has 3 aromatic carbocycles. The molecular formula is C29H30N4O4S. The molecular weight excluding hydrogens is 500 g/mol. The molecule has 0 aliphatic rings. The lowest BCUT2D eigenvalue weighted by Gasteiger charge is -2.21. The average molecular weight is 531 g/mol. The van der Waals surface area contributed by atoms with Crippen LogP contribution >= 0.6 is 0 Å². The van der Waals surface area contributed by atoms with Crippen LogP contribution in [-0.2, 0) is 14.8 Å². The largest absolute Gasteiger partial charge is 0.457 e. The summed E-state index contributed by atoms with van der Waals surface area (Å²) < 4.78 is 33.8. The smallest absolute Gasteiger partial charge is 0.260 e. The van der Waals surface area contributed by atoms with Crippen LogP contribution < -0.4 is 14.5 Å². The first-order valence-electron chi connectivity index (χ1n) is 12.0. The zero-order chi connectivity index (χ0) is 27.3. The summed E-state index contributed by atoms with van der Waals surface area (Å²) in [5.74, 6) is 0.645. The van der Waals surface area contributed by atoms with E-state index in [0.717, 1.165) is 33.2 Å². The van der Waals surface area contributed by atoms with Gasteiger partial charge in [-0.15, -0.1) is 0 Å². The van der Waals surface area contributed by atoms with Crippen molar-refractivity contribution in [2.24, 2.45) is 5.10 Å². The van der Waals surface area contributed by atoms with E-state index in [1.165, 1.54) is 5.56 Å². The van der Waals surface area contributed by atoms with Gasteiger partial charge in [0.1, 0.15) is 18.0 Å². The summed E-state index contributed by atoms with van der Waals surface area (Å²) in [5, 5.41) is 4.07. The number of para-hydroxylation sites is 1. The van der Waals surface area contributed by atoms with Gasteiger partial charge in [-0.25, -0.2) is 13.8 Å². The van der Waals surface area contributed by atoms with Gasteiger partial charge in [0.15, 0.2) is 0 Å². The van der Waals surface area contributed by atoms with E-state index in [9.17, 15) is 13.2 Å². The number of ether oxygens (including phenoxy) is 1. The van der Waals surface area contributed by atoms with E-state index >= 15 is 0 Å². The van der Waals surface area contributed by atoms with E-state index in [1.54, 1.807) is 30.5 Å². The third-order valence-electron chi connectivity index (χ3n) is 5.95. The Hall–Kier alpha value is -4.37. The van der Waals surface area contributed by atoms with Crippen LogP contribution in [0.3, 0.4) is 0 Å². The predicted octanol–water partition coefficient (Wildman–Crippen LogP) is 5.11. The summed E-state index contributed by atoms with van der Waals surface area (Å²) >= 11 is 0. The summed E-state index contributed by atoms with van der Waals surface area (Å²) in [6.45, 7) is 5.60. The van der Waals surface area contributed by atoms with E-state index in [0.29, 0.717) is 17.2 Å². The minimum Gasteiger partial charge on any atom is -0.457 e. The molecule has 1 amide bonds. The summed E-state index contributed by atoms with van der Waals surface area (Å²) in [7, 11) is -3.73. The maximum atomic E-state index is 12.6. The second kappa shape index (κ2) is 11.4. The van der Waals surface area contributed by atoms with Gasteiger partial charge in [-0.2, -0.15) is 5.10 Å². The number of aryl methyl sites for hydroxylation is 2. The number of carbonyl (C=O) groups excluding carboxylic acids is 1. The lowest BCUT2D eigenvalue weighted by atomic mass is 10.2. The summed E-state index contributed by atoms with van der Waals surface area (Å²) in [5.41, 5.74) is 7.85. The van der Waals surface area contributed by atoms with Crippen molar-refractivity contribution >= 4 is 27.8 Å². The molecule has 4 aromatic rings. The van der Waals surface area contributed by atoms with E-state index in [4.69, 9.17) is 4.74 Å². The molecule has 4 rings (SSSR count). The van der Waals surface area contributed by atoms with Crippen LogP contribution in [0.2, 0.25) is 0 Å². The van der Waals surface area contributed by atoms with Crippen LogP contribution in [0.25, 0.3) is 5.69 Å². The zero-order valence-corrected chi connectivity index (χ0v) is 22.6. The number of nitrogens with zero attached hydrogens (tertiary/aromatic N) is 3. The van der Waals surface area contributed by atoms with Gasteiger partial charge >= 0.3 is 0 Å². The molecule has 0 unspecified atom stereocenters. The molecule has 9 heteroatoms. The molecule has 196 valence electrons. The molecule has 1 heterocycles. The third-order valence-corrected chi connectivity index (χ3v) is 7.09. The minimum absolute atomic E-state index is 0.341. The van der Waals surface area contributed by atoms with Gasteiger partial charge in [-0.05, 0) is 75.4 Å². The number of anilines is 1. The van der Waals surface area contributed by atoms with E-state index in [2.05, 4.69) is 39.4 Å². The molecule has 0 atom stereocenters. The summed E-state index contributed by atoms with van der Waals surface area (Å²) in [6.07, 6.45) is 2.61. The molecule has 0 aliphatic heterocycles. The standard InChI is InChI=1S/C29H30N4O4S/c1-21-10-12-26(13-11-21)33-22(2)18-24(23(33)3)19-30-31-29(34)20-32(38(4,35)36)25-14-16-28(17-15-25)37-27-8-6-5-7-9-27/h5-19H,20H2,1-4H3,(H,31,34)/b30-19-. The number of rotatable bonds is 9. The Morgan fingerprint density at radius 1 is 0.947 bits per heavy atom. The number of aromatic nitrogens is 1. The topological polar surface area (TPSA) is 93.0 Å². The minimum atomic E-state index is -3.73. The van der Waals surface area contributed by atoms with Gasteiger partial charge in [-0.1, -0.05) is 35.9 Å². The Bertz CT molecular complexity index is 1540. The van der Waals surface area contributed by atoms with Gasteiger partial charge in [0, 0.05) is 22.6 Å². The first-order valence-corrected chi connectivity index (χ1v) is 13.9. The van der Waals surface area contributed by atoms with Gasteiger partial charge in [0.25, 0.3) is 5.91 Å². The van der Waals surface area contributed by atoms with Crippen LogP contribution in [0.1, 0.15) is 22.5 Å². The van der Waals surface area contributed by atoms with E-state index in [1.807, 2.05) is 57.2 Å². The van der Waals surface area contributed by atoms with Gasteiger partial charge in [0.2, 0.25) is 10.0 Å². The highest BCUT2D eigenvalue weighted by Crippen LogP contribution is 2.25. The first-order chi connectivity index (χ1) is 18.1. The van der Waals surface area contributed by atoms with Crippen molar-refractivity contribution in [2.45, 2.75) is 20.8 Å². The molecule has 0 fully saturated rings. The van der Waals surface area contributed by atoms with Crippen LogP contribution in [0.5, 0.6) is 11.5 Å². The normalized spacial score (nSPS) is 11.5. The van der Waals surface area contributed by atoms with Crippen LogP contribution in [0.4, 0.5) is 5.69 Å². The number of amides is 1. The Morgan fingerprint density at radius 3 is 2.21 bits per heavy atom. The van der Waals surface area contributed by atoms with Crippen LogP contribution in [-0.4, -0.2) is 37.9 Å². The molecule has 1 aromatic heterocycles. The fourth-order valence-electron chi connectivity index (χ4n) is 4.05. The molecule has 0 spiro atoms. The van der Waals surface area contributed by atoms with Crippen molar-refractivity contribution < 1.29 is 17.9 Å². The van der Waals surface area contributed by atoms with Crippen LogP contribution in [0, 0.1) is 20.8 Å². The highest BCUT2D eigenvalue weighted by Gasteiger charge is 2.21. The highest BCUT2D eigenvalue weighted by atomic mass is 32.2.